The summed E-state index contributed by atoms with van der Waals surface area (Å²) in [6, 6.07) is 16.0. The number of amides is 1. The lowest BCUT2D eigenvalue weighted by Gasteiger charge is -2.21. The van der Waals surface area contributed by atoms with Crippen LogP contribution in [0.15, 0.2) is 76.5 Å². The van der Waals surface area contributed by atoms with Gasteiger partial charge in [0.1, 0.15) is 5.76 Å². The summed E-state index contributed by atoms with van der Waals surface area (Å²) in [6.07, 6.45) is 7.46. The van der Waals surface area contributed by atoms with Gasteiger partial charge in [0, 0.05) is 34.6 Å². The first-order chi connectivity index (χ1) is 12.8. The van der Waals surface area contributed by atoms with Crippen LogP contribution in [0.5, 0.6) is 0 Å². The number of carbonyl (C=O) groups excluding carboxylic acids is 1. The summed E-state index contributed by atoms with van der Waals surface area (Å²) in [5, 5.41) is 0. The van der Waals surface area contributed by atoms with Crippen molar-refractivity contribution in [2.75, 3.05) is 0 Å². The highest BCUT2D eigenvalue weighted by molar-refractivity contribution is 7.98. The number of rotatable bonds is 7. The molecule has 0 unspecified atom stereocenters. The standard InChI is InChI=1S/C21H20N2O2S/c24-21(23(18-7-8-18)14-19-4-2-12-25-19)17-5-9-20(10-6-17)26-15-16-3-1-11-22-13-16/h1-6,9-13,18H,7-8,14-15H2. The number of furan rings is 1. The summed E-state index contributed by atoms with van der Waals surface area (Å²) in [5.74, 6) is 1.77. The summed E-state index contributed by atoms with van der Waals surface area (Å²) in [5.41, 5.74) is 1.92. The predicted octanol–water partition coefficient (Wildman–Crippen LogP) is 4.77. The highest BCUT2D eigenvalue weighted by atomic mass is 32.2. The zero-order chi connectivity index (χ0) is 17.8. The Morgan fingerprint density at radius 3 is 2.65 bits per heavy atom. The lowest BCUT2D eigenvalue weighted by atomic mass is 10.2. The maximum absolute atomic E-state index is 12.9. The summed E-state index contributed by atoms with van der Waals surface area (Å²) < 4.78 is 5.42. The van der Waals surface area contributed by atoms with Gasteiger partial charge in [-0.15, -0.1) is 11.8 Å². The molecule has 2 aromatic heterocycles. The molecule has 2 heterocycles. The molecule has 0 radical (unpaired) electrons. The van der Waals surface area contributed by atoms with Crippen molar-refractivity contribution in [3.05, 3.63) is 84.1 Å². The third-order valence-corrected chi connectivity index (χ3v) is 5.47. The van der Waals surface area contributed by atoms with Crippen molar-refractivity contribution in [1.29, 1.82) is 0 Å². The quantitative estimate of drug-likeness (QED) is 0.567. The summed E-state index contributed by atoms with van der Waals surface area (Å²) in [7, 11) is 0. The zero-order valence-electron chi connectivity index (χ0n) is 14.4. The van der Waals surface area contributed by atoms with E-state index in [2.05, 4.69) is 11.1 Å². The molecule has 1 amide bonds. The Kier molecular flexibility index (Phi) is 5.07. The average Bonchev–Trinajstić information content (AvgIpc) is 3.41. The highest BCUT2D eigenvalue weighted by Gasteiger charge is 2.33. The van der Waals surface area contributed by atoms with Crippen LogP contribution in [0.1, 0.15) is 34.5 Å². The highest BCUT2D eigenvalue weighted by Crippen LogP contribution is 2.30. The average molecular weight is 364 g/mol. The van der Waals surface area contributed by atoms with Crippen LogP contribution in [-0.2, 0) is 12.3 Å². The molecule has 1 aliphatic carbocycles. The molecule has 1 fully saturated rings. The van der Waals surface area contributed by atoms with Gasteiger partial charge >= 0.3 is 0 Å². The first-order valence-corrected chi connectivity index (χ1v) is 9.73. The van der Waals surface area contributed by atoms with Crippen LogP contribution in [0, 0.1) is 0 Å². The second-order valence-corrected chi connectivity index (χ2v) is 7.47. The minimum Gasteiger partial charge on any atom is -0.467 e. The Labute approximate surface area is 157 Å². The summed E-state index contributed by atoms with van der Waals surface area (Å²) in [6.45, 7) is 0.536. The van der Waals surface area contributed by atoms with E-state index in [-0.39, 0.29) is 5.91 Å². The van der Waals surface area contributed by atoms with E-state index in [4.69, 9.17) is 4.42 Å². The number of pyridine rings is 1. The third kappa shape index (κ3) is 4.17. The lowest BCUT2D eigenvalue weighted by Crippen LogP contribution is -2.32. The predicted molar refractivity (Wildman–Crippen MR) is 102 cm³/mol. The largest absolute Gasteiger partial charge is 0.467 e. The van der Waals surface area contributed by atoms with E-state index in [9.17, 15) is 4.79 Å². The molecule has 0 N–H and O–H groups in total. The summed E-state index contributed by atoms with van der Waals surface area (Å²) in [4.78, 5) is 20.1. The molecule has 1 aliphatic rings. The van der Waals surface area contributed by atoms with E-state index < -0.39 is 0 Å². The molecular formula is C21H20N2O2S. The molecule has 0 aliphatic heterocycles. The van der Waals surface area contributed by atoms with Gasteiger partial charge in [0.2, 0.25) is 0 Å². The Bertz CT molecular complexity index is 843. The van der Waals surface area contributed by atoms with Crippen molar-refractivity contribution in [2.24, 2.45) is 0 Å². The van der Waals surface area contributed by atoms with Gasteiger partial charge in [0.25, 0.3) is 5.91 Å². The molecular weight excluding hydrogens is 344 g/mol. The van der Waals surface area contributed by atoms with Crippen LogP contribution >= 0.6 is 11.8 Å². The molecule has 3 aromatic rings. The van der Waals surface area contributed by atoms with Crippen LogP contribution in [0.2, 0.25) is 0 Å². The van der Waals surface area contributed by atoms with Gasteiger partial charge < -0.3 is 9.32 Å². The number of thioether (sulfide) groups is 1. The molecule has 26 heavy (non-hydrogen) atoms. The summed E-state index contributed by atoms with van der Waals surface area (Å²) >= 11 is 1.74. The van der Waals surface area contributed by atoms with Crippen molar-refractivity contribution in [1.82, 2.24) is 9.88 Å². The van der Waals surface area contributed by atoms with E-state index in [0.717, 1.165) is 34.8 Å². The number of hydrogen-bond acceptors (Lipinski definition) is 4. The fraction of sp³-hybridized carbons (Fsp3) is 0.238. The van der Waals surface area contributed by atoms with Crippen molar-refractivity contribution in [3.63, 3.8) is 0 Å². The first-order valence-electron chi connectivity index (χ1n) is 8.75. The van der Waals surface area contributed by atoms with Crippen LogP contribution in [0.4, 0.5) is 0 Å². The van der Waals surface area contributed by atoms with Gasteiger partial charge in [-0.3, -0.25) is 9.78 Å². The minimum absolute atomic E-state index is 0.0766. The van der Waals surface area contributed by atoms with E-state index in [1.165, 1.54) is 5.56 Å². The van der Waals surface area contributed by atoms with Gasteiger partial charge in [-0.2, -0.15) is 0 Å². The maximum atomic E-state index is 12.9. The van der Waals surface area contributed by atoms with Crippen molar-refractivity contribution in [2.45, 2.75) is 36.1 Å². The molecule has 1 aromatic carbocycles. The Hall–Kier alpha value is -2.53. The minimum atomic E-state index is 0.0766. The number of benzene rings is 1. The first kappa shape index (κ1) is 16.9. The monoisotopic (exact) mass is 364 g/mol. The Morgan fingerprint density at radius 1 is 1.15 bits per heavy atom. The number of nitrogens with zero attached hydrogens (tertiary/aromatic N) is 2. The van der Waals surface area contributed by atoms with Crippen molar-refractivity contribution >= 4 is 17.7 Å². The zero-order valence-corrected chi connectivity index (χ0v) is 15.2. The van der Waals surface area contributed by atoms with E-state index >= 15 is 0 Å². The molecule has 4 rings (SSSR count). The molecule has 0 spiro atoms. The van der Waals surface area contributed by atoms with Gasteiger partial charge in [-0.05, 0) is 60.9 Å². The van der Waals surface area contributed by atoms with Crippen molar-refractivity contribution < 1.29 is 9.21 Å². The molecule has 0 atom stereocenters. The van der Waals surface area contributed by atoms with Crippen LogP contribution < -0.4 is 0 Å². The Morgan fingerprint density at radius 2 is 2.00 bits per heavy atom. The second kappa shape index (κ2) is 7.79. The number of carbonyl (C=O) groups is 1. The van der Waals surface area contributed by atoms with Gasteiger partial charge in [0.05, 0.1) is 12.8 Å². The molecule has 0 saturated heterocycles. The van der Waals surface area contributed by atoms with Crippen LogP contribution in [0.3, 0.4) is 0 Å². The topological polar surface area (TPSA) is 46.3 Å². The molecule has 5 heteroatoms. The van der Waals surface area contributed by atoms with E-state index in [0.29, 0.717) is 12.6 Å². The van der Waals surface area contributed by atoms with E-state index in [1.54, 1.807) is 24.2 Å². The normalized spacial score (nSPS) is 13.5. The number of hydrogen-bond donors (Lipinski definition) is 0. The van der Waals surface area contributed by atoms with Gasteiger partial charge in [-0.25, -0.2) is 0 Å². The fourth-order valence-electron chi connectivity index (χ4n) is 2.83. The van der Waals surface area contributed by atoms with Gasteiger partial charge in [0.15, 0.2) is 0 Å². The molecule has 132 valence electrons. The third-order valence-electron chi connectivity index (χ3n) is 4.38. The van der Waals surface area contributed by atoms with Crippen LogP contribution in [0.25, 0.3) is 0 Å². The lowest BCUT2D eigenvalue weighted by molar-refractivity contribution is 0.0717. The second-order valence-electron chi connectivity index (χ2n) is 6.42. The van der Waals surface area contributed by atoms with Gasteiger partial charge in [-0.1, -0.05) is 6.07 Å². The molecule has 0 bridgehead atoms. The SMILES string of the molecule is O=C(c1ccc(SCc2cccnc2)cc1)N(Cc1ccco1)C1CC1. The van der Waals surface area contributed by atoms with Crippen LogP contribution in [-0.4, -0.2) is 21.8 Å². The van der Waals surface area contributed by atoms with Crippen molar-refractivity contribution in [3.8, 4) is 0 Å². The van der Waals surface area contributed by atoms with E-state index in [1.807, 2.05) is 53.6 Å². The smallest absolute Gasteiger partial charge is 0.254 e. The maximum Gasteiger partial charge on any atom is 0.254 e. The molecule has 4 nitrogen and oxygen atoms in total. The fourth-order valence-corrected chi connectivity index (χ4v) is 3.67. The Balaban J connectivity index is 1.41. The molecule has 1 saturated carbocycles. The number of aromatic nitrogens is 1.